The first-order chi connectivity index (χ1) is 12.3. The van der Waals surface area contributed by atoms with Gasteiger partial charge in [-0.25, -0.2) is 4.98 Å². The zero-order chi connectivity index (χ0) is 17.2. The number of benzene rings is 1. The van der Waals surface area contributed by atoms with Crippen LogP contribution in [0.2, 0.25) is 0 Å². The summed E-state index contributed by atoms with van der Waals surface area (Å²) in [6, 6.07) is 8.25. The van der Waals surface area contributed by atoms with Gasteiger partial charge in [-0.1, -0.05) is 12.1 Å². The Labute approximate surface area is 147 Å². The highest BCUT2D eigenvalue weighted by Crippen LogP contribution is 2.33. The zero-order valence-electron chi connectivity index (χ0n) is 14.9. The largest absolute Gasteiger partial charge is 0.373 e. The second kappa shape index (κ2) is 6.98. The lowest BCUT2D eigenvalue weighted by Crippen LogP contribution is -2.25. The molecule has 1 aliphatic heterocycles. The van der Waals surface area contributed by atoms with Crippen molar-refractivity contribution in [3.63, 3.8) is 0 Å². The summed E-state index contributed by atoms with van der Waals surface area (Å²) in [5, 5.41) is 7.96. The maximum atomic E-state index is 5.97. The molecule has 0 unspecified atom stereocenters. The molecule has 0 spiro atoms. The highest BCUT2D eigenvalue weighted by Gasteiger charge is 2.30. The Hall–Kier alpha value is -2.18. The van der Waals surface area contributed by atoms with Crippen molar-refractivity contribution < 1.29 is 4.74 Å². The van der Waals surface area contributed by atoms with Gasteiger partial charge < -0.3 is 14.6 Å². The third-order valence-corrected chi connectivity index (χ3v) is 5.09. The van der Waals surface area contributed by atoms with Crippen molar-refractivity contribution in [2.24, 2.45) is 13.0 Å². The molecule has 6 nitrogen and oxygen atoms in total. The second-order valence-electron chi connectivity index (χ2n) is 6.68. The van der Waals surface area contributed by atoms with Crippen molar-refractivity contribution in [2.45, 2.75) is 32.5 Å². The second-order valence-corrected chi connectivity index (χ2v) is 6.68. The Morgan fingerprint density at radius 3 is 3.00 bits per heavy atom. The van der Waals surface area contributed by atoms with Gasteiger partial charge in [0.25, 0.3) is 0 Å². The van der Waals surface area contributed by atoms with Crippen LogP contribution in [0.5, 0.6) is 0 Å². The van der Waals surface area contributed by atoms with Crippen LogP contribution in [0.1, 0.15) is 30.8 Å². The molecule has 1 saturated heterocycles. The lowest BCUT2D eigenvalue weighted by Gasteiger charge is -2.17. The van der Waals surface area contributed by atoms with Crippen LogP contribution in [-0.2, 0) is 24.9 Å². The molecular weight excluding hydrogens is 314 g/mol. The summed E-state index contributed by atoms with van der Waals surface area (Å²) >= 11 is 0. The number of imidazole rings is 1. The summed E-state index contributed by atoms with van der Waals surface area (Å²) in [7, 11) is 2.08. The van der Waals surface area contributed by atoms with Crippen LogP contribution in [-0.4, -0.2) is 32.5 Å². The highest BCUT2D eigenvalue weighted by molar-refractivity contribution is 5.75. The van der Waals surface area contributed by atoms with Gasteiger partial charge in [-0.05, 0) is 25.5 Å². The topological polar surface area (TPSA) is 56.9 Å². The van der Waals surface area contributed by atoms with E-state index in [0.29, 0.717) is 5.92 Å². The predicted octanol–water partition coefficient (Wildman–Crippen LogP) is 2.66. The quantitative estimate of drug-likeness (QED) is 0.750. The highest BCUT2D eigenvalue weighted by atomic mass is 16.5. The number of hydrogen-bond donors (Lipinski definition) is 1. The lowest BCUT2D eigenvalue weighted by molar-refractivity contribution is 0.0903. The van der Waals surface area contributed by atoms with Gasteiger partial charge in [-0.3, -0.25) is 4.68 Å². The molecule has 1 N–H and O–H groups in total. The van der Waals surface area contributed by atoms with Gasteiger partial charge >= 0.3 is 0 Å². The number of aryl methyl sites for hydroxylation is 2. The van der Waals surface area contributed by atoms with Crippen molar-refractivity contribution in [3.8, 4) is 0 Å². The van der Waals surface area contributed by atoms with Gasteiger partial charge in [-0.15, -0.1) is 0 Å². The van der Waals surface area contributed by atoms with Crippen molar-refractivity contribution in [1.82, 2.24) is 24.6 Å². The maximum absolute atomic E-state index is 5.97. The van der Waals surface area contributed by atoms with Gasteiger partial charge in [0.05, 0.1) is 29.9 Å². The van der Waals surface area contributed by atoms with Crippen LogP contribution in [0.25, 0.3) is 11.0 Å². The molecule has 0 saturated carbocycles. The van der Waals surface area contributed by atoms with E-state index in [1.54, 1.807) is 0 Å². The molecule has 3 aromatic rings. The molecule has 0 amide bonds. The van der Waals surface area contributed by atoms with Crippen LogP contribution in [0, 0.1) is 5.92 Å². The third kappa shape index (κ3) is 3.19. The number of hydrogen-bond acceptors (Lipinski definition) is 4. The van der Waals surface area contributed by atoms with Gasteiger partial charge in [0.1, 0.15) is 5.82 Å². The zero-order valence-corrected chi connectivity index (χ0v) is 14.9. The van der Waals surface area contributed by atoms with Crippen molar-refractivity contribution >= 4 is 11.0 Å². The number of rotatable bonds is 6. The van der Waals surface area contributed by atoms with Crippen molar-refractivity contribution in [3.05, 3.63) is 48.0 Å². The molecule has 1 aromatic carbocycles. The summed E-state index contributed by atoms with van der Waals surface area (Å²) in [4.78, 5) is 4.72. The van der Waals surface area contributed by atoms with Crippen LogP contribution >= 0.6 is 0 Å². The van der Waals surface area contributed by atoms with E-state index in [9.17, 15) is 0 Å². The van der Waals surface area contributed by atoms with E-state index in [1.165, 1.54) is 11.1 Å². The van der Waals surface area contributed by atoms with E-state index < -0.39 is 0 Å². The average Bonchev–Trinajstić information content (AvgIpc) is 3.35. The summed E-state index contributed by atoms with van der Waals surface area (Å²) < 4.78 is 10.1. The molecule has 3 heterocycles. The van der Waals surface area contributed by atoms with E-state index >= 15 is 0 Å². The number of aromatic nitrogens is 4. The van der Waals surface area contributed by atoms with E-state index in [1.807, 2.05) is 16.9 Å². The molecule has 2 aromatic heterocycles. The Morgan fingerprint density at radius 2 is 2.20 bits per heavy atom. The van der Waals surface area contributed by atoms with Gasteiger partial charge in [0.15, 0.2) is 0 Å². The molecule has 132 valence electrons. The molecular formula is C19H25N5O. The predicted molar refractivity (Wildman–Crippen MR) is 97.1 cm³/mol. The van der Waals surface area contributed by atoms with Crippen LogP contribution in [0.15, 0.2) is 36.7 Å². The molecule has 0 aliphatic carbocycles. The molecule has 2 atom stereocenters. The van der Waals surface area contributed by atoms with Crippen LogP contribution in [0.3, 0.4) is 0 Å². The van der Waals surface area contributed by atoms with Gasteiger partial charge in [0.2, 0.25) is 0 Å². The van der Waals surface area contributed by atoms with Crippen molar-refractivity contribution in [2.75, 3.05) is 13.2 Å². The number of fused-ring (bicyclic) bond motifs is 1. The van der Waals surface area contributed by atoms with E-state index in [-0.39, 0.29) is 6.10 Å². The first kappa shape index (κ1) is 16.3. The first-order valence-corrected chi connectivity index (χ1v) is 9.01. The molecule has 1 fully saturated rings. The first-order valence-electron chi connectivity index (χ1n) is 9.01. The number of nitrogens with one attached hydrogen (secondary N) is 1. The normalized spacial score (nSPS) is 20.6. The van der Waals surface area contributed by atoms with Crippen LogP contribution < -0.4 is 5.32 Å². The number of nitrogens with zero attached hydrogens (tertiary/aromatic N) is 4. The Bertz CT molecular complexity index is 852. The summed E-state index contributed by atoms with van der Waals surface area (Å²) in [5.74, 6) is 1.54. The minimum atomic E-state index is 0.147. The lowest BCUT2D eigenvalue weighted by atomic mass is 9.97. The summed E-state index contributed by atoms with van der Waals surface area (Å²) in [6.07, 6.45) is 5.28. The van der Waals surface area contributed by atoms with Gasteiger partial charge in [0, 0.05) is 44.4 Å². The third-order valence-electron chi connectivity index (χ3n) is 5.09. The fraction of sp³-hybridized carbons (Fsp3) is 0.474. The molecule has 0 bridgehead atoms. The molecule has 0 radical (unpaired) electrons. The SMILES string of the molecule is CCn1cc([C@@H]2OCC[C@H]2CNCc2nc3ccccc3n2C)cn1. The smallest absolute Gasteiger partial charge is 0.123 e. The van der Waals surface area contributed by atoms with E-state index in [0.717, 1.165) is 44.0 Å². The summed E-state index contributed by atoms with van der Waals surface area (Å²) in [5.41, 5.74) is 3.41. The Kier molecular flexibility index (Phi) is 4.55. The number of para-hydroxylation sites is 2. The Morgan fingerprint density at radius 1 is 1.32 bits per heavy atom. The molecule has 4 rings (SSSR count). The minimum Gasteiger partial charge on any atom is -0.373 e. The Balaban J connectivity index is 1.39. The van der Waals surface area contributed by atoms with Crippen molar-refractivity contribution in [1.29, 1.82) is 0 Å². The average molecular weight is 339 g/mol. The van der Waals surface area contributed by atoms with Gasteiger partial charge in [-0.2, -0.15) is 5.10 Å². The molecule has 25 heavy (non-hydrogen) atoms. The minimum absolute atomic E-state index is 0.147. The molecule has 1 aliphatic rings. The van der Waals surface area contributed by atoms with E-state index in [4.69, 9.17) is 9.72 Å². The maximum Gasteiger partial charge on any atom is 0.123 e. The fourth-order valence-corrected chi connectivity index (χ4v) is 3.63. The molecule has 6 heteroatoms. The van der Waals surface area contributed by atoms with Crippen LogP contribution in [0.4, 0.5) is 0 Å². The standard InChI is InChI=1S/C19H25N5O/c1-3-24-13-15(11-21-24)19-14(8-9-25-19)10-20-12-18-22-16-6-4-5-7-17(16)23(18)2/h4-7,11,13-14,19-20H,3,8-10,12H2,1-2H3/t14-,19+/m0/s1. The number of ether oxygens (including phenoxy) is 1. The van der Waals surface area contributed by atoms with E-state index in [2.05, 4.69) is 53.3 Å². The fourth-order valence-electron chi connectivity index (χ4n) is 3.63. The monoisotopic (exact) mass is 339 g/mol. The summed E-state index contributed by atoms with van der Waals surface area (Å²) in [6.45, 7) is 5.50.